The number of carbonyl (C=O) groups excluding carboxylic acids is 1. The molecule has 1 amide bonds. The molecule has 0 saturated heterocycles. The quantitative estimate of drug-likeness (QED) is 0.790. The van der Waals surface area contributed by atoms with E-state index in [9.17, 15) is 4.79 Å². The number of nitrogens with zero attached hydrogens (tertiary/aromatic N) is 2. The van der Waals surface area contributed by atoms with Crippen LogP contribution in [0.1, 0.15) is 30.6 Å². The van der Waals surface area contributed by atoms with Gasteiger partial charge in [0, 0.05) is 18.7 Å². The van der Waals surface area contributed by atoms with Gasteiger partial charge in [-0.15, -0.1) is 0 Å². The van der Waals surface area contributed by atoms with E-state index in [0.29, 0.717) is 36.7 Å². The fourth-order valence-electron chi connectivity index (χ4n) is 1.84. The average Bonchev–Trinajstić information content (AvgIpc) is 2.42. The second-order valence-corrected chi connectivity index (χ2v) is 4.79. The van der Waals surface area contributed by atoms with Gasteiger partial charge in [-0.3, -0.25) is 4.79 Å². The summed E-state index contributed by atoms with van der Waals surface area (Å²) < 4.78 is 5.12. The van der Waals surface area contributed by atoms with E-state index in [2.05, 4.69) is 19.9 Å². The number of rotatable bonds is 6. The van der Waals surface area contributed by atoms with Crippen molar-refractivity contribution in [3.63, 3.8) is 0 Å². The Balaban J connectivity index is 2.87. The lowest BCUT2D eigenvalue weighted by Crippen LogP contribution is -2.35. The Bertz CT molecular complexity index is 463. The molecule has 1 aromatic carbocycles. The fourth-order valence-corrected chi connectivity index (χ4v) is 1.84. The first-order valence-corrected chi connectivity index (χ1v) is 6.38. The minimum atomic E-state index is -0.0529. The third kappa shape index (κ3) is 4.63. The number of amides is 1. The van der Waals surface area contributed by atoms with Gasteiger partial charge in [-0.2, -0.15) is 5.26 Å². The van der Waals surface area contributed by atoms with Crippen molar-refractivity contribution in [1.82, 2.24) is 4.90 Å². The zero-order chi connectivity index (χ0) is 14.3. The highest BCUT2D eigenvalue weighted by molar-refractivity contribution is 5.94. The number of ether oxygens (including phenoxy) is 1. The molecule has 0 saturated carbocycles. The number of benzene rings is 1. The second-order valence-electron chi connectivity index (χ2n) is 4.79. The molecule has 0 atom stereocenters. The smallest absolute Gasteiger partial charge is 0.254 e. The molecule has 1 rings (SSSR count). The highest BCUT2D eigenvalue weighted by Crippen LogP contribution is 2.15. The zero-order valence-electron chi connectivity index (χ0n) is 11.7. The number of nitriles is 1. The molecule has 0 heterocycles. The Hall–Kier alpha value is -2.02. The van der Waals surface area contributed by atoms with E-state index < -0.39 is 0 Å². The molecule has 0 N–H and O–H groups in total. The number of methoxy groups -OCH3 is 1. The van der Waals surface area contributed by atoms with Crippen LogP contribution in [0.15, 0.2) is 24.3 Å². The van der Waals surface area contributed by atoms with E-state index in [1.807, 2.05) is 0 Å². The van der Waals surface area contributed by atoms with Crippen molar-refractivity contribution >= 4 is 5.91 Å². The molecule has 0 radical (unpaired) electrons. The predicted octanol–water partition coefficient (Wildman–Crippen LogP) is 2.71. The Labute approximate surface area is 114 Å². The van der Waals surface area contributed by atoms with Gasteiger partial charge in [-0.25, -0.2) is 0 Å². The molecule has 0 unspecified atom stereocenters. The molecule has 0 aliphatic rings. The molecule has 0 aromatic heterocycles. The highest BCUT2D eigenvalue weighted by atomic mass is 16.5. The van der Waals surface area contributed by atoms with Gasteiger partial charge in [0.05, 0.1) is 19.6 Å². The van der Waals surface area contributed by atoms with Crippen LogP contribution in [0.25, 0.3) is 0 Å². The van der Waals surface area contributed by atoms with Crippen LogP contribution in [0.3, 0.4) is 0 Å². The molecule has 1 aromatic rings. The summed E-state index contributed by atoms with van der Waals surface area (Å²) in [5.74, 6) is 0.978. The molecule has 4 heteroatoms. The van der Waals surface area contributed by atoms with Gasteiger partial charge in [-0.1, -0.05) is 19.9 Å². The molecular weight excluding hydrogens is 240 g/mol. The monoisotopic (exact) mass is 260 g/mol. The minimum absolute atomic E-state index is 0.0529. The maximum atomic E-state index is 12.4. The van der Waals surface area contributed by atoms with Crippen molar-refractivity contribution in [3.8, 4) is 11.8 Å². The molecule has 0 aliphatic carbocycles. The van der Waals surface area contributed by atoms with E-state index in [4.69, 9.17) is 10.00 Å². The SMILES string of the molecule is COc1cccc(C(=O)N(CCC#N)CC(C)C)c1. The molecule has 0 aliphatic heterocycles. The van der Waals surface area contributed by atoms with Crippen LogP contribution in [0, 0.1) is 17.2 Å². The topological polar surface area (TPSA) is 53.3 Å². The van der Waals surface area contributed by atoms with E-state index in [1.165, 1.54) is 0 Å². The van der Waals surface area contributed by atoms with Crippen molar-refractivity contribution < 1.29 is 9.53 Å². The normalized spacial score (nSPS) is 10.1. The Morgan fingerprint density at radius 1 is 1.47 bits per heavy atom. The van der Waals surface area contributed by atoms with Crippen LogP contribution in [0.5, 0.6) is 5.75 Å². The first-order valence-electron chi connectivity index (χ1n) is 6.38. The van der Waals surface area contributed by atoms with Gasteiger partial charge in [0.25, 0.3) is 5.91 Å². The lowest BCUT2D eigenvalue weighted by Gasteiger charge is -2.23. The van der Waals surface area contributed by atoms with Crippen LogP contribution in [-0.4, -0.2) is 31.0 Å². The maximum absolute atomic E-state index is 12.4. The molecular formula is C15H20N2O2. The molecule has 0 fully saturated rings. The Kier molecular flexibility index (Phi) is 5.87. The first kappa shape index (κ1) is 15.0. The van der Waals surface area contributed by atoms with Crippen LogP contribution in [0.4, 0.5) is 0 Å². The Morgan fingerprint density at radius 3 is 2.79 bits per heavy atom. The lowest BCUT2D eigenvalue weighted by atomic mass is 10.1. The van der Waals surface area contributed by atoms with Gasteiger partial charge in [-0.05, 0) is 24.1 Å². The third-order valence-corrected chi connectivity index (χ3v) is 2.68. The standard InChI is InChI=1S/C15H20N2O2/c1-12(2)11-17(9-5-8-16)15(18)13-6-4-7-14(10-13)19-3/h4,6-7,10,12H,5,9,11H2,1-3H3. The number of hydrogen-bond acceptors (Lipinski definition) is 3. The highest BCUT2D eigenvalue weighted by Gasteiger charge is 2.17. The van der Waals surface area contributed by atoms with Crippen LogP contribution >= 0.6 is 0 Å². The summed E-state index contributed by atoms with van der Waals surface area (Å²) in [6.07, 6.45) is 0.350. The van der Waals surface area contributed by atoms with E-state index in [1.54, 1.807) is 36.3 Å². The van der Waals surface area contributed by atoms with Crippen molar-refractivity contribution in [1.29, 1.82) is 5.26 Å². The minimum Gasteiger partial charge on any atom is -0.497 e. The summed E-state index contributed by atoms with van der Waals surface area (Å²) in [4.78, 5) is 14.1. The van der Waals surface area contributed by atoms with Crippen LogP contribution in [-0.2, 0) is 0 Å². The van der Waals surface area contributed by atoms with Crippen molar-refractivity contribution in [2.45, 2.75) is 20.3 Å². The maximum Gasteiger partial charge on any atom is 0.254 e. The van der Waals surface area contributed by atoms with Gasteiger partial charge in [0.1, 0.15) is 5.75 Å². The molecule has 102 valence electrons. The van der Waals surface area contributed by atoms with Crippen molar-refractivity contribution in [2.24, 2.45) is 5.92 Å². The van der Waals surface area contributed by atoms with Gasteiger partial charge in [0.2, 0.25) is 0 Å². The van der Waals surface area contributed by atoms with E-state index in [-0.39, 0.29) is 5.91 Å². The van der Waals surface area contributed by atoms with Crippen molar-refractivity contribution in [3.05, 3.63) is 29.8 Å². The zero-order valence-corrected chi connectivity index (χ0v) is 11.7. The number of carbonyl (C=O) groups is 1. The van der Waals surface area contributed by atoms with Gasteiger partial charge < -0.3 is 9.64 Å². The summed E-state index contributed by atoms with van der Waals surface area (Å²) >= 11 is 0. The van der Waals surface area contributed by atoms with E-state index in [0.717, 1.165) is 0 Å². The van der Waals surface area contributed by atoms with Crippen LogP contribution in [0.2, 0.25) is 0 Å². The van der Waals surface area contributed by atoms with E-state index >= 15 is 0 Å². The molecule has 19 heavy (non-hydrogen) atoms. The first-order chi connectivity index (χ1) is 9.08. The predicted molar refractivity (Wildman–Crippen MR) is 74.0 cm³/mol. The molecule has 0 bridgehead atoms. The Morgan fingerprint density at radius 2 is 2.21 bits per heavy atom. The largest absolute Gasteiger partial charge is 0.497 e. The van der Waals surface area contributed by atoms with Gasteiger partial charge >= 0.3 is 0 Å². The summed E-state index contributed by atoms with van der Waals surface area (Å²) in [7, 11) is 1.57. The summed E-state index contributed by atoms with van der Waals surface area (Å²) in [6.45, 7) is 5.22. The molecule has 0 spiro atoms. The second kappa shape index (κ2) is 7.42. The van der Waals surface area contributed by atoms with Crippen molar-refractivity contribution in [2.75, 3.05) is 20.2 Å². The third-order valence-electron chi connectivity index (χ3n) is 2.68. The average molecular weight is 260 g/mol. The summed E-state index contributed by atoms with van der Waals surface area (Å²) in [6, 6.07) is 9.17. The summed E-state index contributed by atoms with van der Waals surface area (Å²) in [5.41, 5.74) is 0.595. The summed E-state index contributed by atoms with van der Waals surface area (Å²) in [5, 5.41) is 8.68. The fraction of sp³-hybridized carbons (Fsp3) is 0.467. The molecule has 4 nitrogen and oxygen atoms in total. The number of hydrogen-bond donors (Lipinski definition) is 0. The lowest BCUT2D eigenvalue weighted by molar-refractivity contribution is 0.0739. The van der Waals surface area contributed by atoms with Gasteiger partial charge in [0.15, 0.2) is 0 Å². The van der Waals surface area contributed by atoms with Crippen LogP contribution < -0.4 is 4.74 Å².